The minimum Gasteiger partial charge on any atom is -0.311 e. The molecule has 0 atom stereocenters. The zero-order chi connectivity index (χ0) is 53.3. The van der Waals surface area contributed by atoms with Crippen molar-refractivity contribution in [2.75, 3.05) is 9.80 Å². The summed E-state index contributed by atoms with van der Waals surface area (Å²) in [7, 11) is 0. The average Bonchev–Trinajstić information content (AvgIpc) is 3.77. The van der Waals surface area contributed by atoms with Gasteiger partial charge < -0.3 is 9.80 Å². The highest BCUT2D eigenvalue weighted by Gasteiger charge is 2.49. The van der Waals surface area contributed by atoms with E-state index in [-0.39, 0.29) is 44.6 Å². The van der Waals surface area contributed by atoms with Crippen LogP contribution in [0.4, 0.5) is 34.1 Å². The summed E-state index contributed by atoms with van der Waals surface area (Å²) in [6.45, 7) is 33.4. The van der Waals surface area contributed by atoms with Crippen LogP contribution < -0.4 is 26.2 Å². The SMILES string of the molecule is [2H]C([2H])([2H])c1cc2c3c(c1)N(c1cc4c(cc1C)C(C)(C)CC4(C)C)c1ccc(-c4cccc5c4-c4ccccc4C5(C)C)cc1B3c1cc3c(cc1N2c1ccc2c(c1)C(C)(C)CC2(C)C)C(C)(C)CCC3(C)C. The summed E-state index contributed by atoms with van der Waals surface area (Å²) in [5.74, 6) is 0. The minimum atomic E-state index is -2.37. The number of hydrogen-bond acceptors (Lipinski definition) is 2. The van der Waals surface area contributed by atoms with E-state index in [9.17, 15) is 4.11 Å². The van der Waals surface area contributed by atoms with E-state index in [0.717, 1.165) is 65.3 Å². The lowest BCUT2D eigenvalue weighted by molar-refractivity contribution is 0.332. The highest BCUT2D eigenvalue weighted by molar-refractivity contribution is 7.00. The van der Waals surface area contributed by atoms with E-state index < -0.39 is 6.85 Å². The third-order valence-electron chi connectivity index (χ3n) is 19.5. The summed E-state index contributed by atoms with van der Waals surface area (Å²) in [4.78, 5) is 4.98. The molecule has 0 saturated heterocycles. The number of hydrogen-bond donors (Lipinski definition) is 0. The van der Waals surface area contributed by atoms with Gasteiger partial charge in [-0.25, -0.2) is 0 Å². The van der Waals surface area contributed by atoms with E-state index in [4.69, 9.17) is 0 Å². The van der Waals surface area contributed by atoms with E-state index in [1.54, 1.807) is 0 Å². The summed E-state index contributed by atoms with van der Waals surface area (Å²) in [6, 6.07) is 44.6. The number of fused-ring (bicyclic) bond motifs is 10. The molecule has 13 rings (SSSR count). The Kier molecular flexibility index (Phi) is 8.47. The molecule has 0 N–H and O–H groups in total. The van der Waals surface area contributed by atoms with Crippen molar-refractivity contribution >= 4 is 57.2 Å². The molecule has 3 heteroatoms. The van der Waals surface area contributed by atoms with Crippen LogP contribution in [0.25, 0.3) is 22.3 Å². The summed E-state index contributed by atoms with van der Waals surface area (Å²) in [5, 5.41) is 0. The Labute approximate surface area is 436 Å². The molecule has 0 fully saturated rings. The van der Waals surface area contributed by atoms with Crippen molar-refractivity contribution in [2.45, 2.75) is 174 Å². The Bertz CT molecular complexity index is 3670. The first kappa shape index (κ1) is 42.7. The third kappa shape index (κ3) is 6.15. The zero-order valence-corrected chi connectivity index (χ0v) is 45.8. The normalized spacial score (nSPS) is 21.5. The number of anilines is 6. The second-order valence-corrected chi connectivity index (χ2v) is 27.7. The zero-order valence-electron chi connectivity index (χ0n) is 48.8. The predicted octanol–water partition coefficient (Wildman–Crippen LogP) is 16.6. The third-order valence-corrected chi connectivity index (χ3v) is 19.5. The molecule has 0 unspecified atom stereocenters. The monoisotopic (exact) mass is 946 g/mol. The summed E-state index contributed by atoms with van der Waals surface area (Å²) in [6.07, 6.45) is 4.32. The first-order valence-electron chi connectivity index (χ1n) is 28.6. The van der Waals surface area contributed by atoms with Crippen LogP contribution in [0.5, 0.6) is 0 Å². The van der Waals surface area contributed by atoms with Gasteiger partial charge in [-0.3, -0.25) is 0 Å². The number of aryl methyl sites for hydroxylation is 2. The molecule has 0 aromatic heterocycles. The van der Waals surface area contributed by atoms with Gasteiger partial charge in [0, 0.05) is 43.7 Å². The van der Waals surface area contributed by atoms with Crippen molar-refractivity contribution < 1.29 is 4.11 Å². The maximum atomic E-state index is 9.28. The minimum absolute atomic E-state index is 0.0245. The van der Waals surface area contributed by atoms with Crippen LogP contribution in [-0.4, -0.2) is 6.71 Å². The number of benzene rings is 7. The van der Waals surface area contributed by atoms with Crippen LogP contribution in [-0.2, 0) is 37.9 Å². The Balaban J connectivity index is 1.17. The van der Waals surface area contributed by atoms with Crippen molar-refractivity contribution in [3.8, 4) is 22.3 Å². The van der Waals surface area contributed by atoms with Gasteiger partial charge >= 0.3 is 0 Å². The Morgan fingerprint density at radius 3 is 1.68 bits per heavy atom. The van der Waals surface area contributed by atoms with Crippen molar-refractivity contribution in [2.24, 2.45) is 0 Å². The lowest BCUT2D eigenvalue weighted by Gasteiger charge is -2.48. The molecule has 2 aliphatic heterocycles. The fourth-order valence-electron chi connectivity index (χ4n) is 16.2. The van der Waals surface area contributed by atoms with Crippen LogP contribution in [0.3, 0.4) is 0 Å². The maximum Gasteiger partial charge on any atom is 0.252 e. The summed E-state index contributed by atoms with van der Waals surface area (Å²) < 4.78 is 27.8. The molecular weight excluding hydrogens is 868 g/mol. The molecule has 2 nitrogen and oxygen atoms in total. The van der Waals surface area contributed by atoms with Gasteiger partial charge in [0.15, 0.2) is 0 Å². The molecule has 72 heavy (non-hydrogen) atoms. The molecule has 4 aliphatic carbocycles. The fraction of sp³-hybridized carbons (Fsp3) is 0.391. The molecule has 0 bridgehead atoms. The largest absolute Gasteiger partial charge is 0.311 e. The second-order valence-electron chi connectivity index (χ2n) is 27.7. The van der Waals surface area contributed by atoms with Crippen molar-refractivity contribution in [1.82, 2.24) is 0 Å². The van der Waals surface area contributed by atoms with Crippen LogP contribution in [0, 0.1) is 13.8 Å². The Hall–Kier alpha value is -5.80. The molecule has 6 aliphatic rings. The van der Waals surface area contributed by atoms with Gasteiger partial charge in [0.1, 0.15) is 0 Å². The van der Waals surface area contributed by atoms with Gasteiger partial charge in [0.05, 0.1) is 0 Å². The standard InChI is InChI=1S/C69H75BN2/c1-40-30-59-62-60(31-40)72(57-36-53-49(32-41(57)2)66(9,10)39-68(53,13)14)56-27-24-42(44-21-19-23-48-61(44)45-20-17-18-22-46(45)69(48,15)16)33-54(56)70(62)55-35-51-52(64(5,6)29-28-63(51,3)4)37-58(55)71(59)43-25-26-47-50(34-43)67(11,12)38-65(47,7)8/h17-27,30-37H,28-29,38-39H2,1-16H3/i1D3. The first-order chi connectivity index (χ1) is 34.9. The first-order valence-corrected chi connectivity index (χ1v) is 27.1. The van der Waals surface area contributed by atoms with Crippen LogP contribution in [0.2, 0.25) is 0 Å². The quantitative estimate of drug-likeness (QED) is 0.163. The summed E-state index contributed by atoms with van der Waals surface area (Å²) >= 11 is 0. The van der Waals surface area contributed by atoms with Crippen molar-refractivity contribution in [1.29, 1.82) is 0 Å². The molecule has 0 radical (unpaired) electrons. The number of nitrogens with zero attached hydrogens (tertiary/aromatic N) is 2. The predicted molar refractivity (Wildman–Crippen MR) is 310 cm³/mol. The van der Waals surface area contributed by atoms with Crippen molar-refractivity contribution in [3.05, 3.63) is 171 Å². The van der Waals surface area contributed by atoms with Gasteiger partial charge in [-0.2, -0.15) is 0 Å². The molecule has 7 aromatic carbocycles. The van der Waals surface area contributed by atoms with Crippen molar-refractivity contribution in [3.63, 3.8) is 0 Å². The van der Waals surface area contributed by atoms with E-state index in [2.05, 4.69) is 223 Å². The lowest BCUT2D eigenvalue weighted by Crippen LogP contribution is -2.62. The average molecular weight is 946 g/mol. The van der Waals surface area contributed by atoms with E-state index in [1.165, 1.54) is 83.3 Å². The smallest absolute Gasteiger partial charge is 0.252 e. The van der Waals surface area contributed by atoms with Gasteiger partial charge in [0.25, 0.3) is 6.71 Å². The molecule has 0 amide bonds. The van der Waals surface area contributed by atoms with E-state index in [1.807, 2.05) is 6.07 Å². The van der Waals surface area contributed by atoms with Crippen LogP contribution in [0.1, 0.15) is 182 Å². The fourth-order valence-corrected chi connectivity index (χ4v) is 16.2. The number of rotatable bonds is 3. The Morgan fingerprint density at radius 2 is 0.986 bits per heavy atom. The molecule has 0 spiro atoms. The van der Waals surface area contributed by atoms with E-state index >= 15 is 0 Å². The van der Waals surface area contributed by atoms with Gasteiger partial charge in [-0.05, 0) is 209 Å². The van der Waals surface area contributed by atoms with Crippen LogP contribution in [0.15, 0.2) is 115 Å². The molecule has 0 saturated carbocycles. The highest BCUT2D eigenvalue weighted by Crippen LogP contribution is 2.57. The van der Waals surface area contributed by atoms with Gasteiger partial charge in [0.2, 0.25) is 0 Å². The topological polar surface area (TPSA) is 6.48 Å². The lowest BCUT2D eigenvalue weighted by atomic mass is 9.33. The molecule has 364 valence electrons. The molecule has 2 heterocycles. The molecule has 7 aromatic rings. The van der Waals surface area contributed by atoms with Gasteiger partial charge in [-0.1, -0.05) is 170 Å². The highest BCUT2D eigenvalue weighted by atomic mass is 15.2. The second kappa shape index (κ2) is 14.3. The maximum absolute atomic E-state index is 9.28. The van der Waals surface area contributed by atoms with Crippen LogP contribution >= 0.6 is 0 Å². The van der Waals surface area contributed by atoms with E-state index in [0.29, 0.717) is 5.56 Å². The molecular formula is C69H75BN2. The Morgan fingerprint density at radius 1 is 0.431 bits per heavy atom. The summed E-state index contributed by atoms with van der Waals surface area (Å²) in [5.41, 5.74) is 27.6. The van der Waals surface area contributed by atoms with Gasteiger partial charge in [-0.15, -0.1) is 0 Å².